The van der Waals surface area contributed by atoms with E-state index >= 15 is 0 Å². The van der Waals surface area contributed by atoms with Gasteiger partial charge in [-0.1, -0.05) is 135 Å². The Kier molecular flexibility index (Phi) is 10.6. The molecule has 0 heterocycles. The summed E-state index contributed by atoms with van der Waals surface area (Å²) in [5.74, 6) is -0.404. The largest absolute Gasteiger partial charge is 0.463 e. The molecule has 1 atom stereocenters. The minimum atomic E-state index is -2.29. The van der Waals surface area contributed by atoms with Gasteiger partial charge in [0, 0.05) is 6.08 Å². The molecule has 0 saturated carbocycles. The first-order valence-corrected chi connectivity index (χ1v) is 17.8. The van der Waals surface area contributed by atoms with Gasteiger partial charge in [0.15, 0.2) is 0 Å². The maximum Gasteiger partial charge on any atom is 0.330 e. The highest BCUT2D eigenvalue weighted by molar-refractivity contribution is 6.88. The van der Waals surface area contributed by atoms with Crippen molar-refractivity contribution in [3.05, 3.63) is 134 Å². The molecule has 0 amide bonds. The van der Waals surface area contributed by atoms with Crippen molar-refractivity contribution < 1.29 is 17.8 Å². The minimum absolute atomic E-state index is 0.123. The Balaban J connectivity index is 1.68. The van der Waals surface area contributed by atoms with Crippen LogP contribution in [0.2, 0.25) is 5.54 Å². The third-order valence-corrected chi connectivity index (χ3v) is 15.9. The molecular formula is C31H34O4Si3. The SMILES string of the molecule is C=CC(=O)OCCC(C)[SiH](O[SiH](c1ccccc1)c1ccccc1)O[SiH](c1ccccc1)c1ccccc1. The van der Waals surface area contributed by atoms with E-state index in [9.17, 15) is 4.79 Å². The van der Waals surface area contributed by atoms with Gasteiger partial charge in [0.25, 0.3) is 0 Å². The standard InChI is InChI=1S/C31H34O4Si3/c1-3-31(32)33-25-24-26(2)38(34-36(27-16-8-4-9-17-27)28-18-10-5-11-19-28)35-37(29-20-12-6-13-21-29)30-22-14-7-15-23-30/h3-23,26,36-38H,1,24-25H2,2H3. The zero-order valence-corrected chi connectivity index (χ0v) is 25.2. The van der Waals surface area contributed by atoms with E-state index in [2.05, 4.69) is 111 Å². The Morgan fingerprint density at radius 2 is 1.03 bits per heavy atom. The van der Waals surface area contributed by atoms with Crippen LogP contribution in [-0.2, 0) is 17.8 Å². The second-order valence-corrected chi connectivity index (χ2v) is 17.4. The first-order valence-electron chi connectivity index (χ1n) is 13.0. The minimum Gasteiger partial charge on any atom is -0.463 e. The summed E-state index contributed by atoms with van der Waals surface area (Å²) < 4.78 is 19.7. The fourth-order valence-electron chi connectivity index (χ4n) is 4.32. The highest BCUT2D eigenvalue weighted by Gasteiger charge is 2.32. The Hall–Kier alpha value is -3.34. The Morgan fingerprint density at radius 1 is 0.684 bits per heavy atom. The van der Waals surface area contributed by atoms with Crippen molar-refractivity contribution >= 4 is 54.1 Å². The number of ether oxygens (including phenoxy) is 1. The summed E-state index contributed by atoms with van der Waals surface area (Å²) in [4.78, 5) is 11.7. The molecule has 4 aromatic rings. The molecule has 7 heteroatoms. The number of esters is 1. The molecule has 4 nitrogen and oxygen atoms in total. The smallest absolute Gasteiger partial charge is 0.330 e. The highest BCUT2D eigenvalue weighted by Crippen LogP contribution is 2.19. The van der Waals surface area contributed by atoms with Crippen LogP contribution in [0.5, 0.6) is 0 Å². The normalized spacial score (nSPS) is 12.0. The molecule has 0 saturated heterocycles. The predicted molar refractivity (Wildman–Crippen MR) is 163 cm³/mol. The number of benzene rings is 4. The fourth-order valence-corrected chi connectivity index (χ4v) is 15.4. The molecule has 0 N–H and O–H groups in total. The molecule has 0 bridgehead atoms. The lowest BCUT2D eigenvalue weighted by atomic mass is 10.3. The van der Waals surface area contributed by atoms with Gasteiger partial charge in [0.05, 0.1) is 6.61 Å². The second kappa shape index (κ2) is 14.6. The van der Waals surface area contributed by atoms with Gasteiger partial charge in [0.2, 0.25) is 18.1 Å². The summed E-state index contributed by atoms with van der Waals surface area (Å²) in [6.07, 6.45) is 1.87. The van der Waals surface area contributed by atoms with Gasteiger partial charge in [-0.2, -0.15) is 0 Å². The van der Waals surface area contributed by atoms with E-state index < -0.39 is 33.3 Å². The van der Waals surface area contributed by atoms with Crippen LogP contribution in [0.1, 0.15) is 13.3 Å². The molecule has 0 aromatic heterocycles. The van der Waals surface area contributed by atoms with Crippen LogP contribution >= 0.6 is 0 Å². The van der Waals surface area contributed by atoms with Gasteiger partial charge in [-0.05, 0) is 32.7 Å². The molecule has 0 aliphatic rings. The topological polar surface area (TPSA) is 44.8 Å². The molecule has 0 fully saturated rings. The monoisotopic (exact) mass is 554 g/mol. The number of carbonyl (C=O) groups is 1. The molecular weight excluding hydrogens is 521 g/mol. The van der Waals surface area contributed by atoms with Crippen LogP contribution in [0, 0.1) is 0 Å². The lowest BCUT2D eigenvalue weighted by molar-refractivity contribution is -0.137. The molecule has 0 aliphatic heterocycles. The average Bonchev–Trinajstić information content (AvgIpc) is 2.99. The van der Waals surface area contributed by atoms with E-state index in [0.29, 0.717) is 13.0 Å². The first-order chi connectivity index (χ1) is 18.7. The second-order valence-electron chi connectivity index (χ2n) is 9.18. The van der Waals surface area contributed by atoms with Crippen LogP contribution in [0.3, 0.4) is 0 Å². The van der Waals surface area contributed by atoms with E-state index in [1.54, 1.807) is 0 Å². The quantitative estimate of drug-likeness (QED) is 0.145. The lowest BCUT2D eigenvalue weighted by Crippen LogP contribution is -2.55. The summed E-state index contributed by atoms with van der Waals surface area (Å²) in [5, 5.41) is 4.90. The van der Waals surface area contributed by atoms with E-state index in [1.165, 1.54) is 26.8 Å². The molecule has 0 radical (unpaired) electrons. The average molecular weight is 555 g/mol. The van der Waals surface area contributed by atoms with Crippen LogP contribution in [0.4, 0.5) is 0 Å². The van der Waals surface area contributed by atoms with Crippen molar-refractivity contribution in [2.75, 3.05) is 6.61 Å². The zero-order chi connectivity index (χ0) is 26.6. The molecule has 1 unspecified atom stereocenters. The van der Waals surface area contributed by atoms with E-state index in [1.807, 2.05) is 24.3 Å². The number of carbonyl (C=O) groups excluding carboxylic acids is 1. The first kappa shape index (κ1) is 27.7. The Morgan fingerprint density at radius 3 is 1.34 bits per heavy atom. The zero-order valence-electron chi connectivity index (χ0n) is 21.7. The van der Waals surface area contributed by atoms with Gasteiger partial charge in [-0.25, -0.2) is 4.79 Å². The predicted octanol–water partition coefficient (Wildman–Crippen LogP) is 2.83. The summed E-state index contributed by atoms with van der Waals surface area (Å²) in [7, 11) is -6.36. The number of rotatable bonds is 13. The Labute approximate surface area is 230 Å². The van der Waals surface area contributed by atoms with Gasteiger partial charge < -0.3 is 13.0 Å². The van der Waals surface area contributed by atoms with Crippen LogP contribution in [-0.4, -0.2) is 39.9 Å². The molecule has 0 spiro atoms. The van der Waals surface area contributed by atoms with Crippen molar-refractivity contribution in [2.24, 2.45) is 0 Å². The van der Waals surface area contributed by atoms with Crippen LogP contribution in [0.25, 0.3) is 0 Å². The third-order valence-electron chi connectivity index (χ3n) is 6.40. The van der Waals surface area contributed by atoms with Crippen molar-refractivity contribution in [1.29, 1.82) is 0 Å². The summed E-state index contributed by atoms with van der Waals surface area (Å²) >= 11 is 0. The van der Waals surface area contributed by atoms with Gasteiger partial charge in [-0.15, -0.1) is 0 Å². The van der Waals surface area contributed by atoms with Gasteiger partial charge >= 0.3 is 15.3 Å². The van der Waals surface area contributed by atoms with Crippen molar-refractivity contribution in [3.8, 4) is 0 Å². The fraction of sp³-hybridized carbons (Fsp3) is 0.129. The summed E-state index contributed by atoms with van der Waals surface area (Å²) in [5.41, 5.74) is 0.123. The number of hydrogen-bond acceptors (Lipinski definition) is 4. The van der Waals surface area contributed by atoms with Crippen LogP contribution in [0.15, 0.2) is 134 Å². The van der Waals surface area contributed by atoms with Crippen molar-refractivity contribution in [2.45, 2.75) is 18.9 Å². The summed E-state index contributed by atoms with van der Waals surface area (Å²) in [6, 6.07) is 42.0. The molecule has 38 heavy (non-hydrogen) atoms. The maximum absolute atomic E-state index is 11.7. The van der Waals surface area contributed by atoms with E-state index in [0.717, 1.165) is 0 Å². The maximum atomic E-state index is 11.7. The number of hydrogen-bond donors (Lipinski definition) is 0. The third kappa shape index (κ3) is 7.83. The molecule has 0 aliphatic carbocycles. The van der Waals surface area contributed by atoms with Gasteiger partial charge in [0.1, 0.15) is 0 Å². The van der Waals surface area contributed by atoms with E-state index in [4.69, 9.17) is 13.0 Å². The van der Waals surface area contributed by atoms with Crippen molar-refractivity contribution in [1.82, 2.24) is 0 Å². The molecule has 4 rings (SSSR count). The van der Waals surface area contributed by atoms with Gasteiger partial charge in [-0.3, -0.25) is 0 Å². The Bertz CT molecular complexity index is 1090. The molecule has 4 aromatic carbocycles. The lowest BCUT2D eigenvalue weighted by Gasteiger charge is -2.31. The molecule has 194 valence electrons. The summed E-state index contributed by atoms with van der Waals surface area (Å²) in [6.45, 7) is 5.98. The van der Waals surface area contributed by atoms with Crippen LogP contribution < -0.4 is 20.7 Å². The highest BCUT2D eigenvalue weighted by atomic mass is 28.4. The van der Waals surface area contributed by atoms with E-state index in [-0.39, 0.29) is 5.54 Å². The van der Waals surface area contributed by atoms with Crippen molar-refractivity contribution in [3.63, 3.8) is 0 Å².